The van der Waals surface area contributed by atoms with Gasteiger partial charge in [-0.1, -0.05) is 109 Å². The van der Waals surface area contributed by atoms with Crippen molar-refractivity contribution in [1.29, 1.82) is 0 Å². The van der Waals surface area contributed by atoms with Crippen molar-refractivity contribution in [2.75, 3.05) is 6.61 Å². The van der Waals surface area contributed by atoms with Gasteiger partial charge in [-0.3, -0.25) is 4.18 Å². The van der Waals surface area contributed by atoms with E-state index in [1.807, 2.05) is 67.8 Å². The van der Waals surface area contributed by atoms with E-state index in [4.69, 9.17) is 4.18 Å². The third-order valence-corrected chi connectivity index (χ3v) is 7.88. The smallest absolute Gasteiger partial charge is 0.296 e. The summed E-state index contributed by atoms with van der Waals surface area (Å²) in [6.07, 6.45) is 3.96. The molecule has 5 aromatic rings. The zero-order valence-electron chi connectivity index (χ0n) is 20.6. The molecule has 5 rings (SSSR count). The molecular weight excluding hydrogens is 480 g/mol. The van der Waals surface area contributed by atoms with Gasteiger partial charge < -0.3 is 4.57 Å². The molecule has 4 aromatic carbocycles. The summed E-state index contributed by atoms with van der Waals surface area (Å²) in [7, 11) is -3.86. The molecule has 6 heteroatoms. The molecule has 0 unspecified atom stereocenters. The zero-order valence-corrected chi connectivity index (χ0v) is 21.4. The Balaban J connectivity index is 1.57. The number of hydrogen-bond donors (Lipinski definition) is 0. The molecule has 5 nitrogen and oxygen atoms in total. The normalized spacial score (nSPS) is 11.9. The van der Waals surface area contributed by atoms with E-state index in [1.165, 1.54) is 0 Å². The zero-order chi connectivity index (χ0) is 25.7. The summed E-state index contributed by atoms with van der Waals surface area (Å²) in [6.45, 7) is 1.91. The maximum Gasteiger partial charge on any atom is 0.296 e. The summed E-state index contributed by atoms with van der Waals surface area (Å²) >= 11 is 0. The Morgan fingerprint density at radius 2 is 1.22 bits per heavy atom. The van der Waals surface area contributed by atoms with Gasteiger partial charge in [0.05, 0.1) is 17.8 Å². The van der Waals surface area contributed by atoms with Crippen molar-refractivity contribution in [3.8, 4) is 0 Å². The number of benzene rings is 4. The molecule has 0 radical (unpaired) electrons. The van der Waals surface area contributed by atoms with Crippen LogP contribution in [0.5, 0.6) is 0 Å². The number of imidazole rings is 1. The summed E-state index contributed by atoms with van der Waals surface area (Å²) < 4.78 is 33.1. The van der Waals surface area contributed by atoms with Crippen LogP contribution in [0.4, 0.5) is 0 Å². The monoisotopic (exact) mass is 508 g/mol. The SMILES string of the molecule is Cc1ccc(S(=O)(=O)OCCc2cncn2C(c2ccccc2)(c2ccccc2)c2ccccc2)cc1. The highest BCUT2D eigenvalue weighted by Crippen LogP contribution is 2.41. The highest BCUT2D eigenvalue weighted by atomic mass is 32.2. The maximum atomic E-state index is 12.8. The van der Waals surface area contributed by atoms with Gasteiger partial charge in [0.2, 0.25) is 0 Å². The Bertz CT molecular complexity index is 1450. The molecule has 0 bridgehead atoms. The molecule has 0 saturated heterocycles. The maximum absolute atomic E-state index is 12.8. The minimum atomic E-state index is -3.86. The molecule has 0 N–H and O–H groups in total. The molecule has 186 valence electrons. The van der Waals surface area contributed by atoms with Crippen molar-refractivity contribution in [3.63, 3.8) is 0 Å². The summed E-state index contributed by atoms with van der Waals surface area (Å²) in [5, 5.41) is 0. The molecule has 0 aliphatic heterocycles. The molecule has 0 aliphatic rings. The lowest BCUT2D eigenvalue weighted by molar-refractivity contribution is 0.317. The second kappa shape index (κ2) is 10.5. The second-order valence-electron chi connectivity index (χ2n) is 8.90. The first-order valence-electron chi connectivity index (χ1n) is 12.2. The van der Waals surface area contributed by atoms with Gasteiger partial charge in [-0.05, 0) is 35.7 Å². The molecule has 0 saturated carbocycles. The van der Waals surface area contributed by atoms with Crippen LogP contribution < -0.4 is 0 Å². The van der Waals surface area contributed by atoms with E-state index in [2.05, 4.69) is 45.9 Å². The van der Waals surface area contributed by atoms with Crippen molar-refractivity contribution in [2.24, 2.45) is 0 Å². The fraction of sp³-hybridized carbons (Fsp3) is 0.129. The van der Waals surface area contributed by atoms with Gasteiger partial charge >= 0.3 is 0 Å². The Kier molecular flexibility index (Phi) is 7.04. The van der Waals surface area contributed by atoms with Crippen LogP contribution in [0.2, 0.25) is 0 Å². The van der Waals surface area contributed by atoms with E-state index < -0.39 is 15.7 Å². The van der Waals surface area contributed by atoms with Gasteiger partial charge in [-0.25, -0.2) is 4.98 Å². The molecule has 0 fully saturated rings. The average Bonchev–Trinajstić information content (AvgIpc) is 3.40. The van der Waals surface area contributed by atoms with Crippen molar-refractivity contribution in [3.05, 3.63) is 156 Å². The van der Waals surface area contributed by atoms with E-state index in [9.17, 15) is 8.42 Å². The Labute approximate surface area is 218 Å². The first-order valence-corrected chi connectivity index (χ1v) is 13.6. The molecule has 0 amide bonds. The molecule has 1 heterocycles. The minimum absolute atomic E-state index is 0.00362. The Hall–Kier alpha value is -4.00. The predicted molar refractivity (Wildman–Crippen MR) is 145 cm³/mol. The topological polar surface area (TPSA) is 61.2 Å². The van der Waals surface area contributed by atoms with Gasteiger partial charge in [-0.2, -0.15) is 8.42 Å². The van der Waals surface area contributed by atoms with Gasteiger partial charge in [0.15, 0.2) is 0 Å². The molecule has 0 spiro atoms. The van der Waals surface area contributed by atoms with Crippen LogP contribution >= 0.6 is 0 Å². The van der Waals surface area contributed by atoms with Crippen LogP contribution in [0, 0.1) is 6.92 Å². The van der Waals surface area contributed by atoms with Crippen LogP contribution in [0.15, 0.2) is 133 Å². The lowest BCUT2D eigenvalue weighted by Crippen LogP contribution is -2.38. The van der Waals surface area contributed by atoms with Crippen molar-refractivity contribution in [2.45, 2.75) is 23.8 Å². The lowest BCUT2D eigenvalue weighted by atomic mass is 9.76. The number of aryl methyl sites for hydroxylation is 1. The summed E-state index contributed by atoms with van der Waals surface area (Å²) in [6, 6.07) is 37.5. The molecular formula is C31H28N2O3S. The van der Waals surface area contributed by atoms with E-state index >= 15 is 0 Å². The predicted octanol–water partition coefficient (Wildman–Crippen LogP) is 5.98. The van der Waals surface area contributed by atoms with Crippen molar-refractivity contribution >= 4 is 10.1 Å². The first kappa shape index (κ1) is 24.7. The Morgan fingerprint density at radius 3 is 1.70 bits per heavy atom. The van der Waals surface area contributed by atoms with Gasteiger partial charge in [-0.15, -0.1) is 0 Å². The van der Waals surface area contributed by atoms with E-state index in [0.29, 0.717) is 6.42 Å². The fourth-order valence-electron chi connectivity index (χ4n) is 4.79. The van der Waals surface area contributed by atoms with Crippen LogP contribution in [-0.4, -0.2) is 24.6 Å². The third kappa shape index (κ3) is 4.86. The second-order valence-corrected chi connectivity index (χ2v) is 10.5. The first-order chi connectivity index (χ1) is 18.0. The van der Waals surface area contributed by atoms with E-state index in [0.717, 1.165) is 27.9 Å². The molecule has 1 aromatic heterocycles. The molecule has 0 atom stereocenters. The lowest BCUT2D eigenvalue weighted by Gasteiger charge is -2.38. The van der Waals surface area contributed by atoms with Crippen molar-refractivity contribution in [1.82, 2.24) is 9.55 Å². The average molecular weight is 509 g/mol. The van der Waals surface area contributed by atoms with E-state index in [-0.39, 0.29) is 11.5 Å². The number of rotatable bonds is 9. The largest absolute Gasteiger partial charge is 0.316 e. The van der Waals surface area contributed by atoms with Crippen LogP contribution in [0.25, 0.3) is 0 Å². The van der Waals surface area contributed by atoms with Gasteiger partial charge in [0.1, 0.15) is 5.54 Å². The third-order valence-electron chi connectivity index (χ3n) is 6.56. The summed E-state index contributed by atoms with van der Waals surface area (Å²) in [4.78, 5) is 4.66. The highest BCUT2D eigenvalue weighted by molar-refractivity contribution is 7.86. The Morgan fingerprint density at radius 1 is 0.730 bits per heavy atom. The molecule has 0 aliphatic carbocycles. The van der Waals surface area contributed by atoms with Crippen LogP contribution in [0.1, 0.15) is 27.9 Å². The van der Waals surface area contributed by atoms with Gasteiger partial charge in [0.25, 0.3) is 10.1 Å². The summed E-state index contributed by atoms with van der Waals surface area (Å²) in [5.41, 5.74) is 4.34. The quantitative estimate of drug-likeness (QED) is 0.182. The van der Waals surface area contributed by atoms with E-state index in [1.54, 1.807) is 30.5 Å². The fourth-order valence-corrected chi connectivity index (χ4v) is 5.70. The number of aromatic nitrogens is 2. The highest BCUT2D eigenvalue weighted by Gasteiger charge is 2.39. The van der Waals surface area contributed by atoms with Crippen molar-refractivity contribution < 1.29 is 12.6 Å². The number of hydrogen-bond acceptors (Lipinski definition) is 4. The number of nitrogens with zero attached hydrogens (tertiary/aromatic N) is 2. The standard InChI is InChI=1S/C31H28N2O3S/c1-25-17-19-30(20-18-25)37(34,35)36-22-21-29-23-32-24-33(29)31(26-11-5-2-6-12-26,27-13-7-3-8-14-27)28-15-9-4-10-16-28/h2-20,23-24H,21-22H2,1H3. The minimum Gasteiger partial charge on any atom is -0.316 e. The molecule has 37 heavy (non-hydrogen) atoms. The van der Waals surface area contributed by atoms with Crippen LogP contribution in [0.3, 0.4) is 0 Å². The van der Waals surface area contributed by atoms with Gasteiger partial charge in [0, 0.05) is 18.3 Å². The summed E-state index contributed by atoms with van der Waals surface area (Å²) in [5.74, 6) is 0. The van der Waals surface area contributed by atoms with Crippen LogP contribution in [-0.2, 0) is 26.3 Å².